The largest absolute Gasteiger partial charge is 0.482 e. The van der Waals surface area contributed by atoms with Crippen LogP contribution in [0.3, 0.4) is 0 Å². The highest BCUT2D eigenvalue weighted by molar-refractivity contribution is 5.51. The summed E-state index contributed by atoms with van der Waals surface area (Å²) in [4.78, 5) is 10.3. The SMILES string of the molecule is C=C(CN)COc1c(C)cccc1[N+](=O)[O-]. The molecule has 0 radical (unpaired) electrons. The Morgan fingerprint density at radius 3 is 2.88 bits per heavy atom. The van der Waals surface area contributed by atoms with Gasteiger partial charge < -0.3 is 10.5 Å². The third-order valence-corrected chi connectivity index (χ3v) is 2.10. The Morgan fingerprint density at radius 1 is 1.62 bits per heavy atom. The van der Waals surface area contributed by atoms with Gasteiger partial charge in [0.1, 0.15) is 6.61 Å². The third-order valence-electron chi connectivity index (χ3n) is 2.10. The first kappa shape index (κ1) is 12.2. The van der Waals surface area contributed by atoms with Crippen LogP contribution in [0.1, 0.15) is 5.56 Å². The van der Waals surface area contributed by atoms with E-state index in [4.69, 9.17) is 10.5 Å². The lowest BCUT2D eigenvalue weighted by Gasteiger charge is -2.09. The molecule has 1 aromatic carbocycles. The molecule has 0 aliphatic carbocycles. The maximum Gasteiger partial charge on any atom is 0.311 e. The van der Waals surface area contributed by atoms with Crippen molar-refractivity contribution < 1.29 is 9.66 Å². The molecular formula is C11H14N2O3. The summed E-state index contributed by atoms with van der Waals surface area (Å²) >= 11 is 0. The fourth-order valence-electron chi connectivity index (χ4n) is 1.20. The Labute approximate surface area is 93.7 Å². The second kappa shape index (κ2) is 5.27. The molecule has 5 nitrogen and oxygen atoms in total. The van der Waals surface area contributed by atoms with E-state index in [-0.39, 0.29) is 18.0 Å². The van der Waals surface area contributed by atoms with Crippen LogP contribution in [0.15, 0.2) is 30.4 Å². The van der Waals surface area contributed by atoms with Crippen molar-refractivity contribution in [3.63, 3.8) is 0 Å². The average molecular weight is 222 g/mol. The summed E-state index contributed by atoms with van der Waals surface area (Å²) in [5, 5.41) is 10.8. The quantitative estimate of drug-likeness (QED) is 0.468. The number of nitrogens with zero attached hydrogens (tertiary/aromatic N) is 1. The average Bonchev–Trinajstić information content (AvgIpc) is 2.26. The number of para-hydroxylation sites is 1. The van der Waals surface area contributed by atoms with E-state index in [2.05, 4.69) is 6.58 Å². The van der Waals surface area contributed by atoms with Gasteiger partial charge in [0.05, 0.1) is 4.92 Å². The topological polar surface area (TPSA) is 78.4 Å². The Balaban J connectivity index is 2.93. The van der Waals surface area contributed by atoms with E-state index < -0.39 is 4.92 Å². The van der Waals surface area contributed by atoms with Gasteiger partial charge in [0.15, 0.2) is 5.75 Å². The second-order valence-electron chi connectivity index (χ2n) is 3.42. The van der Waals surface area contributed by atoms with E-state index >= 15 is 0 Å². The molecule has 0 amide bonds. The first-order valence-electron chi connectivity index (χ1n) is 4.79. The Kier molecular flexibility index (Phi) is 4.02. The van der Waals surface area contributed by atoms with Crippen LogP contribution in [0.2, 0.25) is 0 Å². The molecule has 1 rings (SSSR count). The summed E-state index contributed by atoms with van der Waals surface area (Å²) in [6, 6.07) is 4.79. The van der Waals surface area contributed by atoms with Gasteiger partial charge >= 0.3 is 5.69 Å². The highest BCUT2D eigenvalue weighted by Gasteiger charge is 2.16. The molecule has 0 aliphatic rings. The van der Waals surface area contributed by atoms with Crippen molar-refractivity contribution in [3.8, 4) is 5.75 Å². The van der Waals surface area contributed by atoms with E-state index in [9.17, 15) is 10.1 Å². The zero-order chi connectivity index (χ0) is 12.1. The minimum Gasteiger partial charge on any atom is -0.482 e. The lowest BCUT2D eigenvalue weighted by atomic mass is 10.2. The first-order valence-corrected chi connectivity index (χ1v) is 4.79. The van der Waals surface area contributed by atoms with Gasteiger partial charge in [0.25, 0.3) is 0 Å². The summed E-state index contributed by atoms with van der Waals surface area (Å²) in [5.41, 5.74) is 6.73. The Hall–Kier alpha value is -1.88. The molecule has 0 heterocycles. The van der Waals surface area contributed by atoms with Crippen LogP contribution in [0.4, 0.5) is 5.69 Å². The highest BCUT2D eigenvalue weighted by atomic mass is 16.6. The standard InChI is InChI=1S/C11H14N2O3/c1-8(6-12)7-16-11-9(2)4-3-5-10(11)13(14)15/h3-5H,1,6-7,12H2,2H3. The molecule has 86 valence electrons. The molecule has 2 N–H and O–H groups in total. The zero-order valence-electron chi connectivity index (χ0n) is 9.10. The summed E-state index contributed by atoms with van der Waals surface area (Å²) < 4.78 is 5.36. The molecule has 0 spiro atoms. The van der Waals surface area contributed by atoms with Gasteiger partial charge in [-0.05, 0) is 18.1 Å². The van der Waals surface area contributed by atoms with Crippen LogP contribution in [0.25, 0.3) is 0 Å². The van der Waals surface area contributed by atoms with Gasteiger partial charge in [-0.15, -0.1) is 0 Å². The summed E-state index contributed by atoms with van der Waals surface area (Å²) in [7, 11) is 0. The highest BCUT2D eigenvalue weighted by Crippen LogP contribution is 2.30. The van der Waals surface area contributed by atoms with E-state index in [0.29, 0.717) is 12.1 Å². The van der Waals surface area contributed by atoms with Crippen molar-refractivity contribution in [2.45, 2.75) is 6.92 Å². The molecule has 0 saturated carbocycles. The van der Waals surface area contributed by atoms with Gasteiger partial charge in [-0.25, -0.2) is 0 Å². The summed E-state index contributed by atoms with van der Waals surface area (Å²) in [5.74, 6) is 0.280. The number of aryl methyl sites for hydroxylation is 1. The van der Waals surface area contributed by atoms with E-state index in [1.807, 2.05) is 0 Å². The fourth-order valence-corrected chi connectivity index (χ4v) is 1.20. The molecule has 0 aromatic heterocycles. The molecule has 0 bridgehead atoms. The van der Waals surface area contributed by atoms with Crippen molar-refractivity contribution in [1.29, 1.82) is 0 Å². The number of nitro groups is 1. The maximum atomic E-state index is 10.8. The molecular weight excluding hydrogens is 208 g/mol. The van der Waals surface area contributed by atoms with Gasteiger partial charge in [-0.1, -0.05) is 18.7 Å². The number of nitro benzene ring substituents is 1. The monoisotopic (exact) mass is 222 g/mol. The molecule has 0 unspecified atom stereocenters. The van der Waals surface area contributed by atoms with Crippen molar-refractivity contribution >= 4 is 5.69 Å². The molecule has 1 aromatic rings. The predicted molar refractivity (Wildman–Crippen MR) is 61.5 cm³/mol. The third kappa shape index (κ3) is 2.80. The minimum absolute atomic E-state index is 0.0372. The van der Waals surface area contributed by atoms with Gasteiger partial charge in [0, 0.05) is 12.6 Å². The number of ether oxygens (including phenoxy) is 1. The van der Waals surface area contributed by atoms with Gasteiger partial charge in [-0.2, -0.15) is 0 Å². The summed E-state index contributed by atoms with van der Waals surface area (Å²) in [6.45, 7) is 5.93. The van der Waals surface area contributed by atoms with E-state index in [0.717, 1.165) is 5.56 Å². The second-order valence-corrected chi connectivity index (χ2v) is 3.42. The van der Waals surface area contributed by atoms with Gasteiger partial charge in [0.2, 0.25) is 0 Å². The Bertz CT molecular complexity index is 416. The molecule has 0 aliphatic heterocycles. The smallest absolute Gasteiger partial charge is 0.311 e. The van der Waals surface area contributed by atoms with Crippen molar-refractivity contribution in [3.05, 3.63) is 46.0 Å². The molecule has 0 fully saturated rings. The van der Waals surface area contributed by atoms with E-state index in [1.54, 1.807) is 19.1 Å². The summed E-state index contributed by atoms with van der Waals surface area (Å²) in [6.07, 6.45) is 0. The normalized spacial score (nSPS) is 9.88. The maximum absolute atomic E-state index is 10.8. The molecule has 0 atom stereocenters. The number of benzene rings is 1. The lowest BCUT2D eigenvalue weighted by molar-refractivity contribution is -0.385. The fraction of sp³-hybridized carbons (Fsp3) is 0.273. The lowest BCUT2D eigenvalue weighted by Crippen LogP contribution is -2.11. The van der Waals surface area contributed by atoms with E-state index in [1.165, 1.54) is 6.07 Å². The number of hydrogen-bond donors (Lipinski definition) is 1. The van der Waals surface area contributed by atoms with Crippen LogP contribution in [-0.2, 0) is 0 Å². The zero-order valence-corrected chi connectivity index (χ0v) is 9.10. The van der Waals surface area contributed by atoms with Crippen LogP contribution >= 0.6 is 0 Å². The van der Waals surface area contributed by atoms with Crippen LogP contribution in [-0.4, -0.2) is 18.1 Å². The predicted octanol–water partition coefficient (Wildman–Crippen LogP) is 1.80. The molecule has 0 saturated heterocycles. The van der Waals surface area contributed by atoms with Crippen molar-refractivity contribution in [1.82, 2.24) is 0 Å². The van der Waals surface area contributed by atoms with Gasteiger partial charge in [-0.3, -0.25) is 10.1 Å². The van der Waals surface area contributed by atoms with Crippen molar-refractivity contribution in [2.24, 2.45) is 5.73 Å². The number of nitrogens with two attached hydrogens (primary N) is 1. The number of hydrogen-bond acceptors (Lipinski definition) is 4. The Morgan fingerprint density at radius 2 is 2.31 bits per heavy atom. The van der Waals surface area contributed by atoms with Crippen LogP contribution in [0.5, 0.6) is 5.75 Å². The molecule has 5 heteroatoms. The molecule has 16 heavy (non-hydrogen) atoms. The first-order chi connectivity index (χ1) is 7.56. The number of rotatable bonds is 5. The van der Waals surface area contributed by atoms with Crippen LogP contribution in [0, 0.1) is 17.0 Å². The minimum atomic E-state index is -0.465. The van der Waals surface area contributed by atoms with Crippen LogP contribution < -0.4 is 10.5 Å². The van der Waals surface area contributed by atoms with Crippen molar-refractivity contribution in [2.75, 3.05) is 13.2 Å².